The van der Waals surface area contributed by atoms with E-state index in [1.165, 1.54) is 11.8 Å². The lowest BCUT2D eigenvalue weighted by Crippen LogP contribution is -2.31. The van der Waals surface area contributed by atoms with Crippen LogP contribution in [0.5, 0.6) is 0 Å². The van der Waals surface area contributed by atoms with Gasteiger partial charge in [0, 0.05) is 12.5 Å². The predicted octanol–water partition coefficient (Wildman–Crippen LogP) is 4.48. The summed E-state index contributed by atoms with van der Waals surface area (Å²) in [6.45, 7) is 1.46. The van der Waals surface area contributed by atoms with Crippen LogP contribution >= 0.6 is 11.6 Å². The summed E-state index contributed by atoms with van der Waals surface area (Å²) in [5, 5.41) is 0.225. The average Bonchev–Trinajstić information content (AvgIpc) is 3.25. The van der Waals surface area contributed by atoms with Gasteiger partial charge in [-0.05, 0) is 29.3 Å². The highest BCUT2D eigenvalue weighted by Gasteiger charge is 2.37. The molecule has 4 amide bonds. The van der Waals surface area contributed by atoms with E-state index in [1.807, 2.05) is 0 Å². The average molecular weight is 457 g/mol. The van der Waals surface area contributed by atoms with Gasteiger partial charge in [-0.1, -0.05) is 66.2 Å². The number of halogens is 1. The van der Waals surface area contributed by atoms with Crippen LogP contribution in [0.1, 0.15) is 44.3 Å². The summed E-state index contributed by atoms with van der Waals surface area (Å²) in [6.07, 6.45) is 0. The maximum Gasteiger partial charge on any atom is 0.267 e. The molecule has 0 unspecified atom stereocenters. The first-order chi connectivity index (χ1) is 15.9. The number of carbonyl (C=O) groups is 4. The van der Waals surface area contributed by atoms with Crippen LogP contribution in [0.2, 0.25) is 0 Å². The summed E-state index contributed by atoms with van der Waals surface area (Å²) in [7, 11) is 0. The molecule has 162 valence electrons. The van der Waals surface area contributed by atoms with Crippen LogP contribution in [-0.2, 0) is 16.1 Å². The van der Waals surface area contributed by atoms with Gasteiger partial charge in [-0.15, -0.1) is 0 Å². The van der Waals surface area contributed by atoms with Crippen molar-refractivity contribution in [2.75, 3.05) is 4.90 Å². The number of anilines is 1. The molecule has 0 radical (unpaired) electrons. The van der Waals surface area contributed by atoms with Gasteiger partial charge in [-0.2, -0.15) is 0 Å². The molecule has 0 aliphatic carbocycles. The number of hydrogen-bond acceptors (Lipinski definition) is 4. The Morgan fingerprint density at radius 2 is 1.30 bits per heavy atom. The van der Waals surface area contributed by atoms with E-state index in [-0.39, 0.29) is 34.9 Å². The van der Waals surface area contributed by atoms with E-state index in [0.717, 1.165) is 10.5 Å². The second kappa shape index (κ2) is 7.83. The third-order valence-corrected chi connectivity index (χ3v) is 6.20. The van der Waals surface area contributed by atoms with Gasteiger partial charge in [0.05, 0.1) is 34.0 Å². The molecule has 0 fully saturated rings. The Morgan fingerprint density at radius 1 is 0.758 bits per heavy atom. The molecule has 0 spiro atoms. The van der Waals surface area contributed by atoms with Crippen LogP contribution in [0.3, 0.4) is 0 Å². The van der Waals surface area contributed by atoms with E-state index in [0.29, 0.717) is 27.9 Å². The van der Waals surface area contributed by atoms with Crippen molar-refractivity contribution in [3.05, 3.63) is 101 Å². The van der Waals surface area contributed by atoms with Crippen molar-refractivity contribution in [2.24, 2.45) is 0 Å². The van der Waals surface area contributed by atoms with E-state index in [2.05, 4.69) is 0 Å². The Hall–Kier alpha value is -4.03. The number of hydrogen-bond donors (Lipinski definition) is 0. The summed E-state index contributed by atoms with van der Waals surface area (Å²) >= 11 is 6.64. The lowest BCUT2D eigenvalue weighted by atomic mass is 10.0. The summed E-state index contributed by atoms with van der Waals surface area (Å²) in [5.74, 6) is -1.50. The highest BCUT2D eigenvalue weighted by molar-refractivity contribution is 6.60. The molecule has 0 bridgehead atoms. The minimum Gasteiger partial charge on any atom is -0.274 e. The van der Waals surface area contributed by atoms with Crippen LogP contribution in [0, 0.1) is 0 Å². The van der Waals surface area contributed by atoms with Crippen LogP contribution in [0.4, 0.5) is 5.69 Å². The molecule has 33 heavy (non-hydrogen) atoms. The Bertz CT molecular complexity index is 1360. The van der Waals surface area contributed by atoms with Crippen LogP contribution in [-0.4, -0.2) is 28.5 Å². The van der Waals surface area contributed by atoms with Gasteiger partial charge in [0.2, 0.25) is 5.91 Å². The SMILES string of the molecule is CC(=O)N1C(=O)C(=C(Cl)c2ccc(CN3C(=O)c4ccccc4C3=O)cc2)c2ccccc21. The van der Waals surface area contributed by atoms with Crippen molar-refractivity contribution >= 4 is 51.5 Å². The summed E-state index contributed by atoms with van der Waals surface area (Å²) < 4.78 is 0. The second-order valence-electron chi connectivity index (χ2n) is 7.80. The van der Waals surface area contributed by atoms with Gasteiger partial charge in [0.1, 0.15) is 0 Å². The molecule has 2 heterocycles. The Balaban J connectivity index is 1.44. The molecular formula is C26H17ClN2O4. The third-order valence-electron chi connectivity index (χ3n) is 5.79. The first kappa shape index (κ1) is 20.8. The normalized spacial score (nSPS) is 16.2. The summed E-state index contributed by atoms with van der Waals surface area (Å²) in [6, 6.07) is 20.7. The zero-order valence-electron chi connectivity index (χ0n) is 17.5. The molecule has 0 atom stereocenters. The maximum atomic E-state index is 13.0. The van der Waals surface area contributed by atoms with Crippen molar-refractivity contribution in [1.82, 2.24) is 4.90 Å². The number of amides is 4. The summed E-state index contributed by atoms with van der Waals surface area (Å²) in [5.41, 5.74) is 3.50. The maximum absolute atomic E-state index is 13.0. The molecule has 3 aromatic carbocycles. The minimum absolute atomic E-state index is 0.126. The highest BCUT2D eigenvalue weighted by atomic mass is 35.5. The largest absolute Gasteiger partial charge is 0.274 e. The highest BCUT2D eigenvalue weighted by Crippen LogP contribution is 2.42. The van der Waals surface area contributed by atoms with Gasteiger partial charge in [0.15, 0.2) is 0 Å². The minimum atomic E-state index is -0.469. The quantitative estimate of drug-likeness (QED) is 0.430. The fourth-order valence-corrected chi connectivity index (χ4v) is 4.52. The number of carbonyl (C=O) groups excluding carboxylic acids is 4. The first-order valence-electron chi connectivity index (χ1n) is 10.3. The van der Waals surface area contributed by atoms with Crippen molar-refractivity contribution in [2.45, 2.75) is 13.5 Å². The van der Waals surface area contributed by atoms with Gasteiger partial charge in [0.25, 0.3) is 17.7 Å². The van der Waals surface area contributed by atoms with Gasteiger partial charge in [-0.3, -0.25) is 24.1 Å². The first-order valence-corrected chi connectivity index (χ1v) is 10.6. The van der Waals surface area contributed by atoms with Crippen molar-refractivity contribution in [1.29, 1.82) is 0 Å². The van der Waals surface area contributed by atoms with Crippen LogP contribution in [0.15, 0.2) is 72.8 Å². The number of benzene rings is 3. The number of para-hydroxylation sites is 1. The molecule has 2 aliphatic heterocycles. The van der Waals surface area contributed by atoms with Crippen molar-refractivity contribution < 1.29 is 19.2 Å². The molecule has 2 aliphatic rings. The lowest BCUT2D eigenvalue weighted by Gasteiger charge is -2.14. The van der Waals surface area contributed by atoms with E-state index < -0.39 is 5.91 Å². The zero-order valence-corrected chi connectivity index (χ0v) is 18.3. The van der Waals surface area contributed by atoms with E-state index in [9.17, 15) is 19.2 Å². The molecule has 0 saturated heterocycles. The standard InChI is InChI=1S/C26H17ClN2O4/c1-15(30)29-21-9-5-4-8-20(21)22(26(29)33)23(27)17-12-10-16(11-13-17)14-28-24(31)18-6-2-3-7-19(18)25(28)32/h2-13H,14H2,1H3. The van der Waals surface area contributed by atoms with Gasteiger partial charge >= 0.3 is 0 Å². The predicted molar refractivity (Wildman–Crippen MR) is 124 cm³/mol. The molecule has 7 heteroatoms. The fourth-order valence-electron chi connectivity index (χ4n) is 4.21. The number of nitrogens with zero attached hydrogens (tertiary/aromatic N) is 2. The Morgan fingerprint density at radius 3 is 1.88 bits per heavy atom. The monoisotopic (exact) mass is 456 g/mol. The molecule has 0 N–H and O–H groups in total. The number of fused-ring (bicyclic) bond motifs is 2. The van der Waals surface area contributed by atoms with E-state index in [4.69, 9.17) is 11.6 Å². The summed E-state index contributed by atoms with van der Waals surface area (Å²) in [4.78, 5) is 52.6. The van der Waals surface area contributed by atoms with Crippen LogP contribution < -0.4 is 4.90 Å². The fraction of sp³-hybridized carbons (Fsp3) is 0.0769. The van der Waals surface area contributed by atoms with E-state index in [1.54, 1.807) is 72.8 Å². The Labute approximate surface area is 194 Å². The van der Waals surface area contributed by atoms with Gasteiger partial charge < -0.3 is 0 Å². The topological polar surface area (TPSA) is 74.8 Å². The Kier molecular flexibility index (Phi) is 4.95. The van der Waals surface area contributed by atoms with Gasteiger partial charge in [-0.25, -0.2) is 4.90 Å². The molecular weight excluding hydrogens is 440 g/mol. The van der Waals surface area contributed by atoms with Crippen molar-refractivity contribution in [3.63, 3.8) is 0 Å². The molecule has 3 aromatic rings. The molecule has 6 nitrogen and oxygen atoms in total. The molecule has 0 saturated carbocycles. The van der Waals surface area contributed by atoms with Crippen molar-refractivity contribution in [3.8, 4) is 0 Å². The number of imide groups is 2. The lowest BCUT2D eigenvalue weighted by molar-refractivity contribution is -0.122. The van der Waals surface area contributed by atoms with Crippen LogP contribution in [0.25, 0.3) is 10.6 Å². The molecule has 0 aromatic heterocycles. The zero-order chi connectivity index (χ0) is 23.3. The smallest absolute Gasteiger partial charge is 0.267 e. The third kappa shape index (κ3) is 3.27. The number of rotatable bonds is 3. The van der Waals surface area contributed by atoms with E-state index >= 15 is 0 Å². The second-order valence-corrected chi connectivity index (χ2v) is 8.18. The molecule has 5 rings (SSSR count).